The minimum atomic E-state index is -1.50. The van der Waals surface area contributed by atoms with Crippen molar-refractivity contribution in [2.24, 2.45) is 0 Å². The Morgan fingerprint density at radius 3 is 2.21 bits per heavy atom. The summed E-state index contributed by atoms with van der Waals surface area (Å²) in [5.74, 6) is 0.149. The van der Waals surface area contributed by atoms with Crippen molar-refractivity contribution in [3.8, 4) is 22.4 Å². The molecule has 0 aliphatic rings. The summed E-state index contributed by atoms with van der Waals surface area (Å²) < 4.78 is 0. The summed E-state index contributed by atoms with van der Waals surface area (Å²) in [4.78, 5) is 15.6. The number of carbonyl (C=O) groups excluding carboxylic acids is 1. The third-order valence-corrected chi connectivity index (χ3v) is 8.24. The quantitative estimate of drug-likeness (QED) is 0.0953. The zero-order valence-corrected chi connectivity index (χ0v) is 26.9. The number of aliphatic hydroxyl groups is 1. The summed E-state index contributed by atoms with van der Waals surface area (Å²) >= 11 is 0. The molecule has 1 heterocycles. The maximum absolute atomic E-state index is 10.5. The Labute approximate surface area is 242 Å². The molecule has 3 aromatic carbocycles. The predicted molar refractivity (Wildman–Crippen MR) is 160 cm³/mol. The molecule has 1 radical (unpaired) electrons. The van der Waals surface area contributed by atoms with Crippen molar-refractivity contribution in [1.82, 2.24) is 4.98 Å². The number of pyridine rings is 1. The Bertz CT molecular complexity index is 1400. The molecule has 0 bridgehead atoms. The van der Waals surface area contributed by atoms with Crippen LogP contribution in [0.15, 0.2) is 78.6 Å². The number of nitrogens with zero attached hydrogens (tertiary/aromatic N) is 1. The van der Waals surface area contributed by atoms with Crippen LogP contribution in [0.4, 0.5) is 0 Å². The van der Waals surface area contributed by atoms with Crippen molar-refractivity contribution in [3.05, 3.63) is 95.8 Å². The molecular weight excluding hydrogens is 663 g/mol. The Morgan fingerprint density at radius 2 is 1.63 bits per heavy atom. The van der Waals surface area contributed by atoms with Crippen LogP contribution in [0.3, 0.4) is 0 Å². The number of ketones is 1. The number of hydrogen-bond acceptors (Lipinski definition) is 3. The molecule has 0 atom stereocenters. The summed E-state index contributed by atoms with van der Waals surface area (Å²) in [5.41, 5.74) is 8.11. The van der Waals surface area contributed by atoms with Gasteiger partial charge < -0.3 is 5.11 Å². The zero-order chi connectivity index (χ0) is 27.2. The summed E-state index contributed by atoms with van der Waals surface area (Å²) in [6, 6.07) is 27.4. The molecule has 0 aliphatic carbocycles. The van der Waals surface area contributed by atoms with Gasteiger partial charge in [0.25, 0.3) is 0 Å². The fourth-order valence-corrected chi connectivity index (χ4v) is 5.93. The molecule has 1 aromatic heterocycles. The van der Waals surface area contributed by atoms with Crippen molar-refractivity contribution in [1.29, 1.82) is 0 Å². The standard InChI is InChI=1S/C26H26NSi.C7H12O2.Ir/c1-18-15-19(2)17-21(16-18)23-12-11-22-24(27-23)13-14-25(28(3,4)5)26(22)20-9-7-6-8-10-20;1-3-6(8)5-7(9)4-2;/h6-16H,1-5H3;5,8H,3-4H2,1-2H3;/q-1;;/b;6-5-;. The van der Waals surface area contributed by atoms with Crippen molar-refractivity contribution in [2.45, 2.75) is 60.2 Å². The van der Waals surface area contributed by atoms with E-state index >= 15 is 0 Å². The van der Waals surface area contributed by atoms with Gasteiger partial charge in [0, 0.05) is 44.4 Å². The molecule has 0 aliphatic heterocycles. The molecule has 38 heavy (non-hydrogen) atoms. The number of aliphatic hydroxyl groups excluding tert-OH is 1. The van der Waals surface area contributed by atoms with Gasteiger partial charge in [0.15, 0.2) is 5.78 Å². The number of hydrogen-bond donors (Lipinski definition) is 1. The molecular formula is C33H38IrNO2Si-. The fraction of sp³-hybridized carbons (Fsp3) is 0.273. The second-order valence-corrected chi connectivity index (χ2v) is 15.5. The third kappa shape index (κ3) is 8.07. The van der Waals surface area contributed by atoms with Crippen LogP contribution in [-0.4, -0.2) is 23.9 Å². The first-order valence-corrected chi connectivity index (χ1v) is 16.5. The van der Waals surface area contributed by atoms with Gasteiger partial charge in [-0.3, -0.25) is 9.78 Å². The van der Waals surface area contributed by atoms with Gasteiger partial charge in [-0.05, 0) is 22.9 Å². The van der Waals surface area contributed by atoms with Crippen molar-refractivity contribution < 1.29 is 30.0 Å². The van der Waals surface area contributed by atoms with Gasteiger partial charge >= 0.3 is 0 Å². The Hall–Kier alpha value is -2.85. The van der Waals surface area contributed by atoms with Crippen LogP contribution in [0, 0.1) is 19.9 Å². The number of aromatic nitrogens is 1. The van der Waals surface area contributed by atoms with Gasteiger partial charge in [0.05, 0.1) is 19.3 Å². The molecule has 0 spiro atoms. The molecule has 0 saturated carbocycles. The number of benzene rings is 3. The Morgan fingerprint density at radius 1 is 0.947 bits per heavy atom. The molecule has 3 nitrogen and oxygen atoms in total. The largest absolute Gasteiger partial charge is 0.512 e. The molecule has 4 rings (SSSR count). The first-order chi connectivity index (χ1) is 17.5. The van der Waals surface area contributed by atoms with Crippen molar-refractivity contribution in [2.75, 3.05) is 0 Å². The number of allylic oxidation sites excluding steroid dienone is 2. The van der Waals surface area contributed by atoms with Gasteiger partial charge in [0.2, 0.25) is 0 Å². The average Bonchev–Trinajstić information content (AvgIpc) is 2.87. The number of carbonyl (C=O) groups is 1. The summed E-state index contributed by atoms with van der Waals surface area (Å²) in [6.45, 7) is 15.0. The van der Waals surface area contributed by atoms with E-state index in [0.717, 1.165) is 22.3 Å². The van der Waals surface area contributed by atoms with E-state index in [2.05, 4.69) is 106 Å². The maximum atomic E-state index is 10.5. The Kier molecular flexibility index (Phi) is 11.4. The number of aryl methyl sites for hydroxylation is 2. The van der Waals surface area contributed by atoms with E-state index in [1.165, 1.54) is 33.3 Å². The normalized spacial score (nSPS) is 11.4. The van der Waals surface area contributed by atoms with Gasteiger partial charge in [-0.2, -0.15) is 0 Å². The summed E-state index contributed by atoms with van der Waals surface area (Å²) in [7, 11) is -1.50. The monoisotopic (exact) mass is 701 g/mol. The minimum Gasteiger partial charge on any atom is -0.512 e. The van der Waals surface area contributed by atoms with Gasteiger partial charge in [0.1, 0.15) is 0 Å². The van der Waals surface area contributed by atoms with Crippen LogP contribution >= 0.6 is 0 Å². The van der Waals surface area contributed by atoms with Crippen molar-refractivity contribution >= 4 is 29.9 Å². The van der Waals surface area contributed by atoms with Gasteiger partial charge in [-0.15, -0.1) is 34.9 Å². The smallest absolute Gasteiger partial charge is 0.158 e. The van der Waals surface area contributed by atoms with Crippen molar-refractivity contribution in [3.63, 3.8) is 0 Å². The minimum absolute atomic E-state index is 0. The Balaban J connectivity index is 0.000000439. The van der Waals surface area contributed by atoms with Crippen LogP contribution in [0.25, 0.3) is 33.3 Å². The molecule has 0 fully saturated rings. The van der Waals surface area contributed by atoms with Gasteiger partial charge in [-0.25, -0.2) is 0 Å². The van der Waals surface area contributed by atoms with Crippen LogP contribution in [0.5, 0.6) is 0 Å². The summed E-state index contributed by atoms with van der Waals surface area (Å²) in [6.07, 6.45) is 2.27. The zero-order valence-electron chi connectivity index (χ0n) is 23.5. The van der Waals surface area contributed by atoms with Crippen LogP contribution in [0.1, 0.15) is 37.8 Å². The van der Waals surface area contributed by atoms with E-state index in [9.17, 15) is 4.79 Å². The van der Waals surface area contributed by atoms with Crippen LogP contribution in [-0.2, 0) is 24.9 Å². The van der Waals surface area contributed by atoms with Crippen LogP contribution < -0.4 is 5.19 Å². The first kappa shape index (κ1) is 31.4. The van der Waals surface area contributed by atoms with E-state index in [4.69, 9.17) is 10.1 Å². The molecule has 0 amide bonds. The molecule has 201 valence electrons. The molecule has 4 aromatic rings. The average molecular weight is 701 g/mol. The van der Waals surface area contributed by atoms with E-state index in [1.807, 2.05) is 0 Å². The molecule has 0 unspecified atom stereocenters. The van der Waals surface area contributed by atoms with E-state index in [0.29, 0.717) is 12.8 Å². The molecule has 5 heteroatoms. The molecule has 0 saturated heterocycles. The van der Waals surface area contributed by atoms with Crippen LogP contribution in [0.2, 0.25) is 19.6 Å². The second kappa shape index (κ2) is 13.8. The fourth-order valence-electron chi connectivity index (χ4n) is 4.32. The topological polar surface area (TPSA) is 50.2 Å². The first-order valence-electron chi connectivity index (χ1n) is 13.0. The number of fused-ring (bicyclic) bond motifs is 1. The predicted octanol–water partition coefficient (Wildman–Crippen LogP) is 8.35. The summed E-state index contributed by atoms with van der Waals surface area (Å²) in [5, 5.41) is 11.5. The second-order valence-electron chi connectivity index (χ2n) is 10.4. The van der Waals surface area contributed by atoms with E-state index in [1.54, 1.807) is 13.8 Å². The number of rotatable bonds is 6. The molecule has 1 N–H and O–H groups in total. The SMILES string of the molecule is CCC(=O)/C=C(\O)CC.Cc1[c-]c(-c2ccc3c(-c4ccccc4)c([Si](C)(C)C)ccc3n2)cc(C)c1.[Ir]. The van der Waals surface area contributed by atoms with Gasteiger partial charge in [-0.1, -0.05) is 101 Å². The van der Waals surface area contributed by atoms with E-state index < -0.39 is 8.07 Å². The maximum Gasteiger partial charge on any atom is 0.158 e. The third-order valence-electron chi connectivity index (χ3n) is 6.20. The van der Waals surface area contributed by atoms with E-state index in [-0.39, 0.29) is 31.6 Å².